The molecule has 25 heavy (non-hydrogen) atoms. The summed E-state index contributed by atoms with van der Waals surface area (Å²) in [5.41, 5.74) is 1.95. The van der Waals surface area contributed by atoms with Gasteiger partial charge in [0.25, 0.3) is 5.56 Å². The maximum absolute atomic E-state index is 12.1. The van der Waals surface area contributed by atoms with Gasteiger partial charge in [0.2, 0.25) is 11.7 Å². The molecule has 8 nitrogen and oxygen atoms in total. The van der Waals surface area contributed by atoms with Crippen LogP contribution in [-0.2, 0) is 26.1 Å². The minimum atomic E-state index is -0.0413. The van der Waals surface area contributed by atoms with E-state index in [1.807, 2.05) is 6.92 Å². The third-order valence-corrected chi connectivity index (χ3v) is 4.23. The second-order valence-corrected chi connectivity index (χ2v) is 6.13. The van der Waals surface area contributed by atoms with Crippen LogP contribution in [0.5, 0.6) is 0 Å². The molecular formula is C17H19N5O3. The summed E-state index contributed by atoms with van der Waals surface area (Å²) in [5.74, 6) is 1.56. The highest BCUT2D eigenvalue weighted by Crippen LogP contribution is 2.19. The van der Waals surface area contributed by atoms with Gasteiger partial charge in [0, 0.05) is 32.1 Å². The molecule has 0 bridgehead atoms. The van der Waals surface area contributed by atoms with Crippen LogP contribution in [0.1, 0.15) is 30.5 Å². The van der Waals surface area contributed by atoms with E-state index in [0.717, 1.165) is 30.6 Å². The lowest BCUT2D eigenvalue weighted by atomic mass is 10.1. The maximum atomic E-state index is 12.1. The van der Waals surface area contributed by atoms with Gasteiger partial charge in [-0.2, -0.15) is 10.1 Å². The number of nitrogens with zero attached hydrogens (tertiary/aromatic N) is 5. The van der Waals surface area contributed by atoms with Gasteiger partial charge in [-0.1, -0.05) is 12.1 Å². The zero-order valence-electron chi connectivity index (χ0n) is 14.0. The second kappa shape index (κ2) is 6.64. The number of aromatic nitrogens is 4. The Morgan fingerprint density at radius 3 is 3.08 bits per heavy atom. The molecule has 0 aliphatic carbocycles. The van der Waals surface area contributed by atoms with Crippen LogP contribution in [0.4, 0.5) is 0 Å². The van der Waals surface area contributed by atoms with E-state index >= 15 is 0 Å². The normalized spacial score (nSPS) is 14.6. The smallest absolute Gasteiger partial charge is 0.267 e. The molecule has 4 rings (SSSR count). The first-order valence-corrected chi connectivity index (χ1v) is 8.41. The van der Waals surface area contributed by atoms with Crippen LogP contribution in [-0.4, -0.2) is 31.4 Å². The van der Waals surface area contributed by atoms with E-state index < -0.39 is 0 Å². The molecule has 0 unspecified atom stereocenters. The monoisotopic (exact) mass is 341 g/mol. The fourth-order valence-corrected chi connectivity index (χ4v) is 3.02. The van der Waals surface area contributed by atoms with Crippen LogP contribution >= 0.6 is 0 Å². The van der Waals surface area contributed by atoms with Crippen LogP contribution in [0.3, 0.4) is 0 Å². The molecular weight excluding hydrogens is 322 g/mol. The summed E-state index contributed by atoms with van der Waals surface area (Å²) >= 11 is 0. The van der Waals surface area contributed by atoms with Crippen molar-refractivity contribution >= 4 is 0 Å². The lowest BCUT2D eigenvalue weighted by Gasteiger charge is -2.26. The molecule has 0 spiro atoms. The number of hydrogen-bond acceptors (Lipinski definition) is 7. The lowest BCUT2D eigenvalue weighted by Crippen LogP contribution is -2.34. The number of hydrogen-bond donors (Lipinski definition) is 0. The molecule has 0 amide bonds. The van der Waals surface area contributed by atoms with Crippen molar-refractivity contribution in [1.29, 1.82) is 0 Å². The van der Waals surface area contributed by atoms with Gasteiger partial charge in [0.1, 0.15) is 0 Å². The molecule has 4 heterocycles. The SMILES string of the molecule is CCCn1nc2c(cc1=O)CN(Cc1nc(-c3ccco3)no1)CC2. The Bertz CT molecular complexity index is 913. The van der Waals surface area contributed by atoms with Crippen molar-refractivity contribution in [3.63, 3.8) is 0 Å². The second-order valence-electron chi connectivity index (χ2n) is 6.13. The van der Waals surface area contributed by atoms with Crippen molar-refractivity contribution in [1.82, 2.24) is 24.8 Å². The summed E-state index contributed by atoms with van der Waals surface area (Å²) in [4.78, 5) is 18.6. The molecule has 3 aromatic heterocycles. The predicted octanol–water partition coefficient (Wildman–Crippen LogP) is 1.85. The van der Waals surface area contributed by atoms with Crippen molar-refractivity contribution in [3.8, 4) is 11.6 Å². The average molecular weight is 341 g/mol. The summed E-state index contributed by atoms with van der Waals surface area (Å²) in [7, 11) is 0. The van der Waals surface area contributed by atoms with Crippen molar-refractivity contribution in [2.45, 2.75) is 39.4 Å². The molecule has 0 saturated carbocycles. The van der Waals surface area contributed by atoms with Gasteiger partial charge in [-0.3, -0.25) is 9.69 Å². The van der Waals surface area contributed by atoms with Gasteiger partial charge in [-0.15, -0.1) is 0 Å². The molecule has 0 fully saturated rings. The van der Waals surface area contributed by atoms with Crippen molar-refractivity contribution < 1.29 is 8.94 Å². The molecule has 0 N–H and O–H groups in total. The van der Waals surface area contributed by atoms with Crippen LogP contribution in [0.2, 0.25) is 0 Å². The van der Waals surface area contributed by atoms with Gasteiger partial charge in [-0.05, 0) is 24.1 Å². The fraction of sp³-hybridized carbons (Fsp3) is 0.412. The van der Waals surface area contributed by atoms with E-state index in [-0.39, 0.29) is 5.56 Å². The molecule has 0 saturated heterocycles. The number of aryl methyl sites for hydroxylation is 1. The molecule has 1 aliphatic heterocycles. The summed E-state index contributed by atoms with van der Waals surface area (Å²) in [6.45, 7) is 4.72. The van der Waals surface area contributed by atoms with Gasteiger partial charge in [0.05, 0.1) is 18.5 Å². The number of rotatable bonds is 5. The van der Waals surface area contributed by atoms with Gasteiger partial charge in [0.15, 0.2) is 5.76 Å². The third kappa shape index (κ3) is 3.25. The van der Waals surface area contributed by atoms with Crippen LogP contribution in [0, 0.1) is 0 Å². The fourth-order valence-electron chi connectivity index (χ4n) is 3.02. The maximum Gasteiger partial charge on any atom is 0.267 e. The van der Waals surface area contributed by atoms with Gasteiger partial charge >= 0.3 is 0 Å². The highest BCUT2D eigenvalue weighted by molar-refractivity contribution is 5.44. The first-order valence-electron chi connectivity index (χ1n) is 8.41. The standard InChI is InChI=1S/C17H19N5O3/c1-2-6-22-16(23)9-12-10-21(7-5-13(12)19-22)11-15-18-17(20-25-15)14-4-3-8-24-14/h3-4,8-9H,2,5-7,10-11H2,1H3. The molecule has 3 aromatic rings. The van der Waals surface area contributed by atoms with Crippen molar-refractivity contribution in [2.75, 3.05) is 6.54 Å². The lowest BCUT2D eigenvalue weighted by molar-refractivity contribution is 0.207. The Hall–Kier alpha value is -2.74. The Morgan fingerprint density at radius 1 is 1.36 bits per heavy atom. The minimum absolute atomic E-state index is 0.0413. The molecule has 1 aliphatic rings. The first-order chi connectivity index (χ1) is 12.2. The largest absolute Gasteiger partial charge is 0.461 e. The van der Waals surface area contributed by atoms with E-state index in [1.165, 1.54) is 0 Å². The third-order valence-electron chi connectivity index (χ3n) is 4.23. The molecule has 8 heteroatoms. The average Bonchev–Trinajstić information content (AvgIpc) is 3.27. The predicted molar refractivity (Wildman–Crippen MR) is 88.6 cm³/mol. The van der Waals surface area contributed by atoms with Crippen LogP contribution in [0.15, 0.2) is 38.2 Å². The van der Waals surface area contributed by atoms with Gasteiger partial charge < -0.3 is 8.94 Å². The van der Waals surface area contributed by atoms with E-state index in [4.69, 9.17) is 8.94 Å². The van der Waals surface area contributed by atoms with Crippen LogP contribution < -0.4 is 5.56 Å². The quantitative estimate of drug-likeness (QED) is 0.699. The summed E-state index contributed by atoms with van der Waals surface area (Å²) < 4.78 is 12.1. The van der Waals surface area contributed by atoms with Crippen molar-refractivity contribution in [3.05, 3.63) is 52.0 Å². The summed E-state index contributed by atoms with van der Waals surface area (Å²) in [6, 6.07) is 5.27. The summed E-state index contributed by atoms with van der Waals surface area (Å²) in [6.07, 6.45) is 3.27. The minimum Gasteiger partial charge on any atom is -0.461 e. The molecule has 0 aromatic carbocycles. The Morgan fingerprint density at radius 2 is 2.28 bits per heavy atom. The molecule has 130 valence electrons. The Labute approximate surface area is 144 Å². The Kier molecular flexibility index (Phi) is 4.19. The first kappa shape index (κ1) is 15.8. The summed E-state index contributed by atoms with van der Waals surface area (Å²) in [5, 5.41) is 8.44. The van der Waals surface area contributed by atoms with E-state index in [0.29, 0.717) is 37.1 Å². The molecule has 0 radical (unpaired) electrons. The van der Waals surface area contributed by atoms with Crippen molar-refractivity contribution in [2.24, 2.45) is 0 Å². The number of furan rings is 1. The van der Waals surface area contributed by atoms with E-state index in [2.05, 4.69) is 20.1 Å². The Balaban J connectivity index is 1.48. The van der Waals surface area contributed by atoms with Gasteiger partial charge in [-0.25, -0.2) is 4.68 Å². The highest BCUT2D eigenvalue weighted by atomic mass is 16.5. The van der Waals surface area contributed by atoms with Crippen LogP contribution in [0.25, 0.3) is 11.6 Å². The topological polar surface area (TPSA) is 90.2 Å². The highest BCUT2D eigenvalue weighted by Gasteiger charge is 2.21. The van der Waals surface area contributed by atoms with E-state index in [1.54, 1.807) is 29.1 Å². The number of fused-ring (bicyclic) bond motifs is 1. The molecule has 0 atom stereocenters. The van der Waals surface area contributed by atoms with E-state index in [9.17, 15) is 4.79 Å². The zero-order chi connectivity index (χ0) is 17.2. The zero-order valence-corrected chi connectivity index (χ0v) is 14.0.